The molecule has 2 heterocycles. The van der Waals surface area contributed by atoms with Crippen LogP contribution in [0.5, 0.6) is 0 Å². The van der Waals surface area contributed by atoms with Gasteiger partial charge in [0.05, 0.1) is 44.6 Å². The van der Waals surface area contributed by atoms with Crippen molar-refractivity contribution in [3.63, 3.8) is 0 Å². The molecule has 1 saturated carbocycles. The van der Waals surface area contributed by atoms with Crippen molar-refractivity contribution in [2.75, 3.05) is 39.5 Å². The van der Waals surface area contributed by atoms with Crippen molar-refractivity contribution >= 4 is 0 Å². The second-order valence-electron chi connectivity index (χ2n) is 11.2. The van der Waals surface area contributed by atoms with Crippen LogP contribution in [0, 0.1) is 0 Å². The van der Waals surface area contributed by atoms with Crippen molar-refractivity contribution in [1.82, 2.24) is 10.6 Å². The highest BCUT2D eigenvalue weighted by Crippen LogP contribution is 2.32. The first kappa shape index (κ1) is 36.7. The Morgan fingerprint density at radius 1 is 0.721 bits per heavy atom. The van der Waals surface area contributed by atoms with Crippen LogP contribution >= 0.6 is 0 Å². The van der Waals surface area contributed by atoms with E-state index in [0.29, 0.717) is 0 Å². The van der Waals surface area contributed by atoms with Crippen LogP contribution < -0.4 is 22.1 Å². The third kappa shape index (κ3) is 8.74. The molecule has 0 amide bonds. The number of hydrogen-bond donors (Lipinski definition) is 15. The smallest absolute Gasteiger partial charge is 0.187 e. The molecular formula is C24H48N4O15. The normalized spacial score (nSPS) is 44.9. The lowest BCUT2D eigenvalue weighted by Crippen LogP contribution is -2.69. The number of nitrogens with one attached hydrogen (secondary N) is 2. The topological polar surface area (TPSA) is 336 Å². The van der Waals surface area contributed by atoms with Crippen LogP contribution in [0.15, 0.2) is 0 Å². The summed E-state index contributed by atoms with van der Waals surface area (Å²) in [6, 6.07) is -4.03. The molecule has 0 aromatic carbocycles. The average Bonchev–Trinajstić information content (AvgIpc) is 3.00. The largest absolute Gasteiger partial charge is 0.395 e. The van der Waals surface area contributed by atoms with Gasteiger partial charge in [0.25, 0.3) is 0 Å². The zero-order valence-corrected chi connectivity index (χ0v) is 23.5. The van der Waals surface area contributed by atoms with Crippen molar-refractivity contribution in [3.8, 4) is 0 Å². The fraction of sp³-hybridized carbons (Fsp3) is 1.00. The van der Waals surface area contributed by atoms with Gasteiger partial charge in [-0.25, -0.2) is 0 Å². The lowest BCUT2D eigenvalue weighted by atomic mass is 9.83. The fourth-order valence-corrected chi connectivity index (χ4v) is 5.42. The monoisotopic (exact) mass is 632 g/mol. The Bertz CT molecular complexity index is 819. The standard InChI is InChI=1S/C24H48N4O15/c25-10-1-11(28-8(4-29)5-30)22(43-23-17(36)14(26)15(34)13(7-32)41-23)20(39)21(10)42-24-19(38)18(37)16(35)12(40-24)3-27-2-9(33)6-31/h8-24,27-39H,1-7,25-26H2. The molecule has 43 heavy (non-hydrogen) atoms. The van der Waals surface area contributed by atoms with Crippen molar-refractivity contribution in [2.24, 2.45) is 11.5 Å². The highest BCUT2D eigenvalue weighted by atomic mass is 16.7. The lowest BCUT2D eigenvalue weighted by Gasteiger charge is -2.49. The Hall–Kier alpha value is -0.760. The summed E-state index contributed by atoms with van der Waals surface area (Å²) in [5.74, 6) is 0. The van der Waals surface area contributed by atoms with Gasteiger partial charge in [-0.1, -0.05) is 0 Å². The van der Waals surface area contributed by atoms with Crippen LogP contribution in [0.3, 0.4) is 0 Å². The van der Waals surface area contributed by atoms with Crippen molar-refractivity contribution < 1.29 is 75.1 Å². The molecule has 3 rings (SSSR count). The van der Waals surface area contributed by atoms with E-state index in [1.807, 2.05) is 0 Å². The molecule has 0 bridgehead atoms. The Labute approximate surface area is 247 Å². The van der Waals surface area contributed by atoms with Crippen LogP contribution in [0.1, 0.15) is 6.42 Å². The Balaban J connectivity index is 1.80. The molecule has 2 aliphatic heterocycles. The van der Waals surface area contributed by atoms with Gasteiger partial charge in [0.15, 0.2) is 12.6 Å². The number of rotatable bonds is 14. The highest BCUT2D eigenvalue weighted by Gasteiger charge is 2.52. The first-order chi connectivity index (χ1) is 20.4. The van der Waals surface area contributed by atoms with Gasteiger partial charge in [-0.2, -0.15) is 0 Å². The summed E-state index contributed by atoms with van der Waals surface area (Å²) in [6.45, 7) is -2.36. The third-order valence-electron chi connectivity index (χ3n) is 8.03. The van der Waals surface area contributed by atoms with Gasteiger partial charge in [0, 0.05) is 25.2 Å². The number of aliphatic hydroxyl groups is 11. The second kappa shape index (κ2) is 16.7. The maximum atomic E-state index is 11.4. The second-order valence-corrected chi connectivity index (χ2v) is 11.2. The van der Waals surface area contributed by atoms with E-state index in [2.05, 4.69) is 10.6 Å². The molecule has 17 N–H and O–H groups in total. The highest BCUT2D eigenvalue weighted by molar-refractivity contribution is 5.03. The Morgan fingerprint density at radius 2 is 1.33 bits per heavy atom. The van der Waals surface area contributed by atoms with Crippen LogP contribution in [-0.2, 0) is 18.9 Å². The summed E-state index contributed by atoms with van der Waals surface area (Å²) in [4.78, 5) is 0. The summed E-state index contributed by atoms with van der Waals surface area (Å²) >= 11 is 0. The predicted octanol–water partition coefficient (Wildman–Crippen LogP) is -9.32. The molecule has 3 aliphatic rings. The zero-order valence-electron chi connectivity index (χ0n) is 23.5. The van der Waals surface area contributed by atoms with E-state index < -0.39 is 130 Å². The van der Waals surface area contributed by atoms with E-state index in [1.165, 1.54) is 0 Å². The van der Waals surface area contributed by atoms with E-state index in [1.54, 1.807) is 0 Å². The zero-order chi connectivity index (χ0) is 32.0. The predicted molar refractivity (Wildman–Crippen MR) is 142 cm³/mol. The molecule has 16 unspecified atom stereocenters. The van der Waals surface area contributed by atoms with Crippen LogP contribution in [0.4, 0.5) is 0 Å². The van der Waals surface area contributed by atoms with Gasteiger partial charge in [0.1, 0.15) is 61.0 Å². The molecule has 19 nitrogen and oxygen atoms in total. The molecule has 0 radical (unpaired) electrons. The first-order valence-corrected chi connectivity index (χ1v) is 14.2. The number of ether oxygens (including phenoxy) is 4. The molecule has 254 valence electrons. The van der Waals surface area contributed by atoms with Gasteiger partial charge in [-0.05, 0) is 6.42 Å². The van der Waals surface area contributed by atoms with Crippen molar-refractivity contribution in [2.45, 2.75) is 110 Å². The first-order valence-electron chi connectivity index (χ1n) is 14.2. The molecule has 3 fully saturated rings. The van der Waals surface area contributed by atoms with Gasteiger partial charge in [0.2, 0.25) is 0 Å². The molecule has 16 atom stereocenters. The molecule has 0 spiro atoms. The molecule has 0 aromatic heterocycles. The van der Waals surface area contributed by atoms with Gasteiger partial charge < -0.3 is 97.2 Å². The minimum Gasteiger partial charge on any atom is -0.395 e. The van der Waals surface area contributed by atoms with E-state index in [-0.39, 0.29) is 19.5 Å². The minimum atomic E-state index is -1.79. The van der Waals surface area contributed by atoms with Crippen LogP contribution in [0.25, 0.3) is 0 Å². The summed E-state index contributed by atoms with van der Waals surface area (Å²) in [5, 5.41) is 117. The van der Waals surface area contributed by atoms with E-state index in [9.17, 15) is 51.1 Å². The number of hydrogen-bond acceptors (Lipinski definition) is 19. The lowest BCUT2D eigenvalue weighted by molar-refractivity contribution is -0.333. The Morgan fingerprint density at radius 3 is 1.93 bits per heavy atom. The molecular weight excluding hydrogens is 584 g/mol. The number of nitrogens with two attached hydrogens (primary N) is 2. The quantitative estimate of drug-likeness (QED) is 0.0844. The molecule has 19 heteroatoms. The minimum absolute atomic E-state index is 0.0260. The average molecular weight is 633 g/mol. The summed E-state index contributed by atoms with van der Waals surface area (Å²) in [5.41, 5.74) is 12.2. The Kier molecular flexibility index (Phi) is 14.3. The van der Waals surface area contributed by atoms with Crippen LogP contribution in [0.2, 0.25) is 0 Å². The maximum Gasteiger partial charge on any atom is 0.187 e. The summed E-state index contributed by atoms with van der Waals surface area (Å²) in [7, 11) is 0. The SMILES string of the molecule is NC1CC(NC(CO)CO)C(OC2OC(CO)C(O)C(N)C2O)C(O)C1OC1OC(CNCC(O)CO)C(O)C(O)C1O. The molecule has 1 aliphatic carbocycles. The van der Waals surface area contributed by atoms with Crippen molar-refractivity contribution in [3.05, 3.63) is 0 Å². The van der Waals surface area contributed by atoms with Crippen molar-refractivity contribution in [1.29, 1.82) is 0 Å². The van der Waals surface area contributed by atoms with Gasteiger partial charge >= 0.3 is 0 Å². The summed E-state index contributed by atoms with van der Waals surface area (Å²) in [6.07, 6.45) is -19.2. The van der Waals surface area contributed by atoms with E-state index >= 15 is 0 Å². The van der Waals surface area contributed by atoms with Crippen LogP contribution in [-0.4, -0.2) is 200 Å². The fourth-order valence-electron chi connectivity index (χ4n) is 5.42. The number of aliphatic hydroxyl groups excluding tert-OH is 11. The van der Waals surface area contributed by atoms with Gasteiger partial charge in [-0.15, -0.1) is 0 Å². The third-order valence-corrected chi connectivity index (χ3v) is 8.03. The molecule has 0 aromatic rings. The van der Waals surface area contributed by atoms with E-state index in [0.717, 1.165) is 0 Å². The molecule has 2 saturated heterocycles. The van der Waals surface area contributed by atoms with E-state index in [4.69, 9.17) is 35.5 Å². The summed E-state index contributed by atoms with van der Waals surface area (Å²) < 4.78 is 22.9. The maximum absolute atomic E-state index is 11.4. The van der Waals surface area contributed by atoms with Gasteiger partial charge in [-0.3, -0.25) is 0 Å².